The molecule has 0 aliphatic carbocycles. The summed E-state index contributed by atoms with van der Waals surface area (Å²) in [6, 6.07) is 1.38. The molecule has 0 aromatic carbocycles. The van der Waals surface area contributed by atoms with Crippen molar-refractivity contribution in [3.63, 3.8) is 0 Å². The fourth-order valence-corrected chi connectivity index (χ4v) is 1.85. The average molecular weight is 191 g/mol. The molecule has 68 valence electrons. The first kappa shape index (κ1) is 11.4. The minimum absolute atomic E-state index is 0.0898. The molecule has 0 heterocycles. The van der Waals surface area contributed by atoms with E-state index in [0.29, 0.717) is 12.5 Å². The van der Waals surface area contributed by atoms with Gasteiger partial charge in [0.05, 0.1) is 12.1 Å². The van der Waals surface area contributed by atoms with E-state index < -0.39 is 12.9 Å². The van der Waals surface area contributed by atoms with E-state index in [1.165, 1.54) is 6.07 Å². The summed E-state index contributed by atoms with van der Waals surface area (Å²) in [6.07, 6.45) is 1.61. The Labute approximate surface area is 71.0 Å². The van der Waals surface area contributed by atoms with Crippen LogP contribution in [0.25, 0.3) is 0 Å². The Hall–Kier alpha value is -0.650. The molecule has 0 aliphatic rings. The molecule has 0 aliphatic heterocycles. The van der Waals surface area contributed by atoms with Crippen LogP contribution in [0, 0.1) is 11.3 Å². The molecule has 0 aromatic heterocycles. The standard InChI is InChI=1S/C7H11FNO2P/c1-2-3-6-12(10,11)7(8)4-5-9/h4H,2-3,6H2,1H3,(H,10,11)/b7-4+. The maximum atomic E-state index is 12.6. The summed E-state index contributed by atoms with van der Waals surface area (Å²) in [7, 11) is -3.84. The predicted octanol–water partition coefficient (Wildman–Crippen LogP) is 2.39. The van der Waals surface area contributed by atoms with Crippen LogP contribution < -0.4 is 0 Å². The van der Waals surface area contributed by atoms with Crippen LogP contribution in [0.3, 0.4) is 0 Å². The lowest BCUT2D eigenvalue weighted by atomic mass is 10.4. The monoisotopic (exact) mass is 191 g/mol. The van der Waals surface area contributed by atoms with Gasteiger partial charge in [0.1, 0.15) is 0 Å². The van der Waals surface area contributed by atoms with Gasteiger partial charge in [-0.3, -0.25) is 4.57 Å². The highest BCUT2D eigenvalue weighted by Crippen LogP contribution is 2.50. The molecule has 0 spiro atoms. The number of unbranched alkanes of at least 4 members (excludes halogenated alkanes) is 1. The zero-order valence-corrected chi connectivity index (χ0v) is 7.72. The van der Waals surface area contributed by atoms with Crippen molar-refractivity contribution in [3.8, 4) is 6.07 Å². The third kappa shape index (κ3) is 3.66. The topological polar surface area (TPSA) is 61.1 Å². The molecule has 0 rings (SSSR count). The van der Waals surface area contributed by atoms with Crippen LogP contribution in [0.5, 0.6) is 0 Å². The van der Waals surface area contributed by atoms with E-state index in [2.05, 4.69) is 0 Å². The van der Waals surface area contributed by atoms with Gasteiger partial charge < -0.3 is 4.89 Å². The molecule has 0 amide bonds. The fraction of sp³-hybridized carbons (Fsp3) is 0.571. The van der Waals surface area contributed by atoms with Gasteiger partial charge in [-0.05, 0) is 6.42 Å². The third-order valence-corrected chi connectivity index (χ3v) is 3.05. The molecule has 0 radical (unpaired) electrons. The molecule has 1 N–H and O–H groups in total. The smallest absolute Gasteiger partial charge is 0.257 e. The Balaban J connectivity index is 4.32. The first-order valence-electron chi connectivity index (χ1n) is 3.62. The first-order valence-corrected chi connectivity index (χ1v) is 5.46. The quantitative estimate of drug-likeness (QED) is 0.548. The molecule has 12 heavy (non-hydrogen) atoms. The van der Waals surface area contributed by atoms with E-state index in [1.54, 1.807) is 0 Å². The van der Waals surface area contributed by atoms with Gasteiger partial charge in [-0.15, -0.1) is 0 Å². The average Bonchev–Trinajstić information content (AvgIpc) is 2.01. The van der Waals surface area contributed by atoms with Gasteiger partial charge in [0.2, 0.25) is 0 Å². The lowest BCUT2D eigenvalue weighted by Gasteiger charge is -2.06. The maximum absolute atomic E-state index is 12.6. The Kier molecular flexibility index (Phi) is 4.80. The SMILES string of the molecule is CCCCP(=O)(O)/C(F)=C/C#N. The van der Waals surface area contributed by atoms with Crippen molar-refractivity contribution in [2.45, 2.75) is 19.8 Å². The summed E-state index contributed by atoms with van der Waals surface area (Å²) in [5, 5.41) is 8.03. The second-order valence-electron chi connectivity index (χ2n) is 2.37. The van der Waals surface area contributed by atoms with Gasteiger partial charge in [0.25, 0.3) is 7.37 Å². The van der Waals surface area contributed by atoms with Crippen LogP contribution in [-0.4, -0.2) is 11.1 Å². The highest BCUT2D eigenvalue weighted by atomic mass is 31.2. The Morgan fingerprint density at radius 2 is 2.42 bits per heavy atom. The Morgan fingerprint density at radius 3 is 2.83 bits per heavy atom. The highest BCUT2D eigenvalue weighted by Gasteiger charge is 2.23. The van der Waals surface area contributed by atoms with E-state index in [0.717, 1.165) is 6.42 Å². The van der Waals surface area contributed by atoms with Crippen molar-refractivity contribution in [1.29, 1.82) is 5.26 Å². The molecule has 0 aromatic rings. The minimum atomic E-state index is -3.84. The van der Waals surface area contributed by atoms with Crippen LogP contribution in [0.15, 0.2) is 11.6 Å². The molecular formula is C7H11FNO2P. The summed E-state index contributed by atoms with van der Waals surface area (Å²) >= 11 is 0. The number of hydrogen-bond acceptors (Lipinski definition) is 2. The number of hydrogen-bond donors (Lipinski definition) is 1. The number of halogens is 1. The maximum Gasteiger partial charge on any atom is 0.257 e. The first-order chi connectivity index (χ1) is 5.54. The van der Waals surface area contributed by atoms with E-state index >= 15 is 0 Å². The number of rotatable bonds is 4. The van der Waals surface area contributed by atoms with E-state index in [-0.39, 0.29) is 6.16 Å². The molecule has 1 atom stereocenters. The second kappa shape index (κ2) is 5.08. The minimum Gasteiger partial charge on any atom is -0.340 e. The lowest BCUT2D eigenvalue weighted by molar-refractivity contribution is 0.466. The van der Waals surface area contributed by atoms with Crippen LogP contribution >= 0.6 is 7.37 Å². The molecule has 1 unspecified atom stereocenters. The fourth-order valence-electron chi connectivity index (χ4n) is 0.633. The van der Waals surface area contributed by atoms with Crippen molar-refractivity contribution in [2.75, 3.05) is 6.16 Å². The van der Waals surface area contributed by atoms with E-state index in [1.807, 2.05) is 6.92 Å². The van der Waals surface area contributed by atoms with E-state index in [4.69, 9.17) is 10.2 Å². The molecule has 0 bridgehead atoms. The van der Waals surface area contributed by atoms with Crippen molar-refractivity contribution in [1.82, 2.24) is 0 Å². The van der Waals surface area contributed by atoms with E-state index in [9.17, 15) is 8.96 Å². The molecule has 0 fully saturated rings. The van der Waals surface area contributed by atoms with Crippen LogP contribution in [0.4, 0.5) is 4.39 Å². The van der Waals surface area contributed by atoms with Crippen molar-refractivity contribution >= 4 is 7.37 Å². The summed E-state index contributed by atoms with van der Waals surface area (Å²) < 4.78 is 23.7. The molecule has 3 nitrogen and oxygen atoms in total. The van der Waals surface area contributed by atoms with Crippen molar-refractivity contribution in [3.05, 3.63) is 11.6 Å². The van der Waals surface area contributed by atoms with Crippen LogP contribution in [0.2, 0.25) is 0 Å². The van der Waals surface area contributed by atoms with Gasteiger partial charge in [-0.25, -0.2) is 0 Å². The summed E-state index contributed by atoms with van der Waals surface area (Å²) in [5.41, 5.74) is -1.20. The Morgan fingerprint density at radius 1 is 1.83 bits per heavy atom. The van der Waals surface area contributed by atoms with Gasteiger partial charge in [0, 0.05) is 6.16 Å². The normalized spacial score (nSPS) is 16.7. The van der Waals surface area contributed by atoms with Crippen LogP contribution in [0.1, 0.15) is 19.8 Å². The Bertz CT molecular complexity index is 257. The zero-order chi connectivity index (χ0) is 9.61. The van der Waals surface area contributed by atoms with Crippen LogP contribution in [-0.2, 0) is 4.57 Å². The largest absolute Gasteiger partial charge is 0.340 e. The van der Waals surface area contributed by atoms with Gasteiger partial charge in [-0.1, -0.05) is 13.3 Å². The highest BCUT2D eigenvalue weighted by molar-refractivity contribution is 7.62. The van der Waals surface area contributed by atoms with Gasteiger partial charge in [0.15, 0.2) is 5.57 Å². The predicted molar refractivity (Wildman–Crippen MR) is 44.4 cm³/mol. The molecule has 0 saturated heterocycles. The molecule has 0 saturated carbocycles. The van der Waals surface area contributed by atoms with Crippen molar-refractivity contribution in [2.24, 2.45) is 0 Å². The number of nitrogens with zero attached hydrogens (tertiary/aromatic N) is 1. The van der Waals surface area contributed by atoms with Gasteiger partial charge >= 0.3 is 0 Å². The summed E-state index contributed by atoms with van der Waals surface area (Å²) in [5.74, 6) is 0. The third-order valence-electron chi connectivity index (χ3n) is 1.33. The summed E-state index contributed by atoms with van der Waals surface area (Å²) in [6.45, 7) is 1.84. The van der Waals surface area contributed by atoms with Crippen molar-refractivity contribution < 1.29 is 13.8 Å². The number of allylic oxidation sites excluding steroid dienone is 1. The second-order valence-corrected chi connectivity index (χ2v) is 4.65. The van der Waals surface area contributed by atoms with Gasteiger partial charge in [-0.2, -0.15) is 9.65 Å². The number of nitriles is 1. The zero-order valence-electron chi connectivity index (χ0n) is 6.83. The molecule has 5 heteroatoms. The lowest BCUT2D eigenvalue weighted by Crippen LogP contribution is -1.88. The molecular weight excluding hydrogens is 180 g/mol. The summed E-state index contributed by atoms with van der Waals surface area (Å²) in [4.78, 5) is 9.01.